The van der Waals surface area contributed by atoms with E-state index in [-0.39, 0.29) is 0 Å². The summed E-state index contributed by atoms with van der Waals surface area (Å²) in [6.45, 7) is 7.56. The van der Waals surface area contributed by atoms with E-state index in [1.165, 1.54) is 30.5 Å². The maximum Gasteiger partial charge on any atom is 0.117 e. The normalized spacial score (nSPS) is 31.6. The number of piperidine rings is 1. The Morgan fingerprint density at radius 2 is 1.86 bits per heavy atom. The molecule has 1 saturated heterocycles. The van der Waals surface area contributed by atoms with Crippen molar-refractivity contribution in [1.82, 2.24) is 0 Å². The minimum Gasteiger partial charge on any atom is -0.389 e. The van der Waals surface area contributed by atoms with Crippen molar-refractivity contribution in [2.45, 2.75) is 57.6 Å². The number of nitrogens with zero attached hydrogens (tertiary/aromatic N) is 1. The Labute approximate surface area is 134 Å². The third-order valence-corrected chi connectivity index (χ3v) is 5.90. The number of benzene rings is 1. The van der Waals surface area contributed by atoms with Gasteiger partial charge in [-0.2, -0.15) is 0 Å². The zero-order chi connectivity index (χ0) is 15.6. The molecule has 1 aliphatic heterocycles. The lowest BCUT2D eigenvalue weighted by Gasteiger charge is -2.46. The van der Waals surface area contributed by atoms with Gasteiger partial charge in [0.25, 0.3) is 0 Å². The highest BCUT2D eigenvalue weighted by Crippen LogP contribution is 2.43. The smallest absolute Gasteiger partial charge is 0.117 e. The Hall–Kier alpha value is -1.06. The summed E-state index contributed by atoms with van der Waals surface area (Å²) in [5.74, 6) is 0.425. The Morgan fingerprint density at radius 1 is 1.14 bits per heavy atom. The molecule has 122 valence electrons. The van der Waals surface area contributed by atoms with Gasteiger partial charge in [-0.3, -0.25) is 0 Å². The Balaban J connectivity index is 1.80. The van der Waals surface area contributed by atoms with E-state index in [0.29, 0.717) is 12.0 Å². The summed E-state index contributed by atoms with van der Waals surface area (Å²) in [5, 5.41) is 13.5. The molecule has 3 atom stereocenters. The van der Waals surface area contributed by atoms with Crippen molar-refractivity contribution < 1.29 is 10.4 Å². The van der Waals surface area contributed by atoms with Gasteiger partial charge in [0.05, 0.1) is 12.1 Å². The summed E-state index contributed by atoms with van der Waals surface area (Å²) in [6, 6.07) is 9.52. The predicted octanol–water partition coefficient (Wildman–Crippen LogP) is 2.46. The van der Waals surface area contributed by atoms with E-state index in [0.717, 1.165) is 32.5 Å². The molecule has 0 aromatic heterocycles. The summed E-state index contributed by atoms with van der Waals surface area (Å²) < 4.78 is 0. The second-order valence-electron chi connectivity index (χ2n) is 7.02. The zero-order valence-electron chi connectivity index (χ0n) is 14.1. The standard InChI is InChI=1S/C19H30N2O/c1-3-21(4-2)16-10-8-15(9-11-16)18-17-7-5-6-12-19(17,22)13-14-20-18/h8-11,17-18,20,22H,3-7,12-14H2,1-2H3/p+1/t17-,18-,19-/m0/s1. The van der Waals surface area contributed by atoms with Crippen LogP contribution in [0.15, 0.2) is 24.3 Å². The van der Waals surface area contributed by atoms with Crippen molar-refractivity contribution in [1.29, 1.82) is 0 Å². The second kappa shape index (κ2) is 6.59. The van der Waals surface area contributed by atoms with Gasteiger partial charge in [-0.15, -0.1) is 0 Å². The molecule has 3 nitrogen and oxygen atoms in total. The number of nitrogens with two attached hydrogens (primary N) is 1. The summed E-state index contributed by atoms with van der Waals surface area (Å²) in [7, 11) is 0. The Bertz CT molecular complexity index is 479. The van der Waals surface area contributed by atoms with Crippen LogP contribution < -0.4 is 10.2 Å². The molecule has 22 heavy (non-hydrogen) atoms. The first-order valence-corrected chi connectivity index (χ1v) is 9.08. The molecule has 0 unspecified atom stereocenters. The van der Waals surface area contributed by atoms with Gasteiger partial charge in [-0.1, -0.05) is 25.0 Å². The minimum atomic E-state index is -0.408. The van der Waals surface area contributed by atoms with E-state index in [1.54, 1.807) is 0 Å². The third-order valence-electron chi connectivity index (χ3n) is 5.90. The lowest BCUT2D eigenvalue weighted by atomic mass is 9.67. The van der Waals surface area contributed by atoms with Crippen LogP contribution in [-0.2, 0) is 0 Å². The molecule has 0 bridgehead atoms. The highest BCUT2D eigenvalue weighted by molar-refractivity contribution is 5.47. The fourth-order valence-corrected chi connectivity index (χ4v) is 4.62. The fourth-order valence-electron chi connectivity index (χ4n) is 4.62. The first kappa shape index (κ1) is 15.8. The average molecular weight is 303 g/mol. The molecule has 3 N–H and O–H groups in total. The second-order valence-corrected chi connectivity index (χ2v) is 7.02. The Kier molecular flexibility index (Phi) is 4.74. The van der Waals surface area contributed by atoms with Gasteiger partial charge in [0, 0.05) is 36.7 Å². The lowest BCUT2D eigenvalue weighted by molar-refractivity contribution is -0.719. The first-order valence-electron chi connectivity index (χ1n) is 9.08. The Morgan fingerprint density at radius 3 is 2.55 bits per heavy atom. The summed E-state index contributed by atoms with van der Waals surface area (Å²) >= 11 is 0. The molecule has 2 fully saturated rings. The van der Waals surface area contributed by atoms with Crippen molar-refractivity contribution in [3.63, 3.8) is 0 Å². The monoisotopic (exact) mass is 303 g/mol. The average Bonchev–Trinajstić information content (AvgIpc) is 2.55. The number of fused-ring (bicyclic) bond motifs is 1. The largest absolute Gasteiger partial charge is 0.389 e. The molecule has 1 saturated carbocycles. The molecule has 3 rings (SSSR count). The van der Waals surface area contributed by atoms with Crippen molar-refractivity contribution in [2.75, 3.05) is 24.5 Å². The fraction of sp³-hybridized carbons (Fsp3) is 0.684. The number of hydrogen-bond donors (Lipinski definition) is 2. The summed E-state index contributed by atoms with van der Waals surface area (Å²) in [4.78, 5) is 2.38. The van der Waals surface area contributed by atoms with Gasteiger partial charge in [0.1, 0.15) is 6.04 Å². The van der Waals surface area contributed by atoms with Crippen LogP contribution in [0, 0.1) is 5.92 Å². The van der Waals surface area contributed by atoms with Gasteiger partial charge in [-0.25, -0.2) is 0 Å². The molecule has 3 heteroatoms. The van der Waals surface area contributed by atoms with E-state index in [1.807, 2.05) is 0 Å². The maximum absolute atomic E-state index is 11.0. The SMILES string of the molecule is CCN(CC)c1ccc([C@@H]2[NH2+]CC[C@@]3(O)CCCC[C@@H]23)cc1. The number of hydrogen-bond acceptors (Lipinski definition) is 2. The molecule has 1 aromatic rings. The van der Waals surface area contributed by atoms with Crippen LogP contribution in [0.4, 0.5) is 5.69 Å². The molecule has 1 aromatic carbocycles. The van der Waals surface area contributed by atoms with Crippen LogP contribution >= 0.6 is 0 Å². The van der Waals surface area contributed by atoms with E-state index in [9.17, 15) is 5.11 Å². The van der Waals surface area contributed by atoms with Crippen molar-refractivity contribution in [3.8, 4) is 0 Å². The number of rotatable bonds is 4. The first-order chi connectivity index (χ1) is 10.7. The van der Waals surface area contributed by atoms with Crippen molar-refractivity contribution >= 4 is 5.69 Å². The van der Waals surface area contributed by atoms with Gasteiger partial charge in [0.15, 0.2) is 0 Å². The number of aliphatic hydroxyl groups is 1. The van der Waals surface area contributed by atoms with Crippen molar-refractivity contribution in [3.05, 3.63) is 29.8 Å². The molecule has 2 aliphatic rings. The van der Waals surface area contributed by atoms with Gasteiger partial charge in [0.2, 0.25) is 0 Å². The summed E-state index contributed by atoms with van der Waals surface area (Å²) in [5.41, 5.74) is 2.29. The molecule has 0 spiro atoms. The van der Waals surface area contributed by atoms with E-state index >= 15 is 0 Å². The predicted molar refractivity (Wildman–Crippen MR) is 91.1 cm³/mol. The molecular formula is C19H31N2O+. The molecule has 0 amide bonds. The third kappa shape index (κ3) is 2.89. The van der Waals surface area contributed by atoms with E-state index in [2.05, 4.69) is 48.3 Å². The topological polar surface area (TPSA) is 40.1 Å². The molecular weight excluding hydrogens is 272 g/mol. The van der Waals surface area contributed by atoms with Gasteiger partial charge < -0.3 is 15.3 Å². The zero-order valence-corrected chi connectivity index (χ0v) is 14.1. The van der Waals surface area contributed by atoms with Crippen LogP contribution in [0.1, 0.15) is 57.6 Å². The minimum absolute atomic E-state index is 0.408. The van der Waals surface area contributed by atoms with Crippen LogP contribution in [0.2, 0.25) is 0 Å². The lowest BCUT2D eigenvalue weighted by Crippen LogP contribution is -2.91. The molecule has 1 heterocycles. The van der Waals surface area contributed by atoms with E-state index < -0.39 is 5.60 Å². The quantitative estimate of drug-likeness (QED) is 0.897. The van der Waals surface area contributed by atoms with Crippen LogP contribution in [0.5, 0.6) is 0 Å². The highest BCUT2D eigenvalue weighted by Gasteiger charge is 2.48. The van der Waals surface area contributed by atoms with Gasteiger partial charge in [-0.05, 0) is 38.8 Å². The van der Waals surface area contributed by atoms with E-state index in [4.69, 9.17) is 0 Å². The van der Waals surface area contributed by atoms with Crippen LogP contribution in [0.3, 0.4) is 0 Å². The maximum atomic E-state index is 11.0. The molecule has 0 radical (unpaired) electrons. The summed E-state index contributed by atoms with van der Waals surface area (Å²) in [6.07, 6.45) is 5.61. The van der Waals surface area contributed by atoms with Crippen LogP contribution in [0.25, 0.3) is 0 Å². The number of quaternary nitrogens is 1. The van der Waals surface area contributed by atoms with Crippen LogP contribution in [-0.4, -0.2) is 30.3 Å². The number of anilines is 1. The van der Waals surface area contributed by atoms with Crippen molar-refractivity contribution in [2.24, 2.45) is 5.92 Å². The molecule has 1 aliphatic carbocycles. The highest BCUT2D eigenvalue weighted by atomic mass is 16.3. The van der Waals surface area contributed by atoms with Gasteiger partial charge >= 0.3 is 0 Å².